The van der Waals surface area contributed by atoms with Crippen LogP contribution in [-0.4, -0.2) is 74.7 Å². The van der Waals surface area contributed by atoms with Gasteiger partial charge in [-0.15, -0.1) is 24.0 Å². The van der Waals surface area contributed by atoms with Gasteiger partial charge in [0.05, 0.1) is 12.5 Å². The number of hydrogen-bond donors (Lipinski definition) is 1. The number of halogens is 1. The van der Waals surface area contributed by atoms with Crippen molar-refractivity contribution in [2.75, 3.05) is 52.9 Å². The molecule has 7 heteroatoms. The smallest absolute Gasteiger partial charge is 0.309 e. The van der Waals surface area contributed by atoms with Gasteiger partial charge in [-0.3, -0.25) is 9.79 Å². The second kappa shape index (κ2) is 12.7. The summed E-state index contributed by atoms with van der Waals surface area (Å²) in [5, 5.41) is 3.47. The van der Waals surface area contributed by atoms with Crippen molar-refractivity contribution in [1.82, 2.24) is 15.1 Å². The number of piperidine rings is 1. The standard InChI is InChI=1S/C18H34N4O2.HI/c1-3-24-17(23)16-8-14-22(15-9-16)18(19-2)20-10-4-5-11-21-12-6-7-13-21;/h16H,3-15H2,1-2H3,(H,19,20);1H. The summed E-state index contributed by atoms with van der Waals surface area (Å²) in [5.74, 6) is 0.986. The van der Waals surface area contributed by atoms with E-state index >= 15 is 0 Å². The molecule has 0 aromatic rings. The Balaban J connectivity index is 0.00000312. The van der Waals surface area contributed by atoms with E-state index in [1.807, 2.05) is 14.0 Å². The molecule has 1 N–H and O–H groups in total. The SMILES string of the molecule is CCOC(=O)C1CCN(C(=NC)NCCCCN2CCCC2)CC1.I. The molecule has 0 bridgehead atoms. The molecule has 2 heterocycles. The van der Waals surface area contributed by atoms with Crippen molar-refractivity contribution in [3.05, 3.63) is 0 Å². The lowest BCUT2D eigenvalue weighted by Gasteiger charge is -2.33. The van der Waals surface area contributed by atoms with Gasteiger partial charge in [-0.05, 0) is 65.1 Å². The molecule has 0 unspecified atom stereocenters. The van der Waals surface area contributed by atoms with Crippen LogP contribution >= 0.6 is 24.0 Å². The third-order valence-electron chi connectivity index (χ3n) is 5.01. The highest BCUT2D eigenvalue weighted by molar-refractivity contribution is 14.0. The highest BCUT2D eigenvalue weighted by atomic mass is 127. The Hall–Kier alpha value is -0.570. The number of carbonyl (C=O) groups excluding carboxylic acids is 1. The summed E-state index contributed by atoms with van der Waals surface area (Å²) in [7, 11) is 1.84. The second-order valence-electron chi connectivity index (χ2n) is 6.74. The molecule has 2 aliphatic heterocycles. The van der Waals surface area contributed by atoms with Crippen molar-refractivity contribution < 1.29 is 9.53 Å². The predicted octanol–water partition coefficient (Wildman–Crippen LogP) is 2.33. The fourth-order valence-corrected chi connectivity index (χ4v) is 3.59. The van der Waals surface area contributed by atoms with Crippen LogP contribution < -0.4 is 5.32 Å². The number of hydrogen-bond acceptors (Lipinski definition) is 4. The molecule has 0 saturated carbocycles. The summed E-state index contributed by atoms with van der Waals surface area (Å²) in [4.78, 5) is 21.0. The molecule has 0 atom stereocenters. The summed E-state index contributed by atoms with van der Waals surface area (Å²) in [6.07, 6.45) is 6.87. The first kappa shape index (κ1) is 22.5. The third kappa shape index (κ3) is 7.68. The number of nitrogens with one attached hydrogen (secondary N) is 1. The quantitative estimate of drug-likeness (QED) is 0.205. The van der Waals surface area contributed by atoms with Crippen LogP contribution in [0.2, 0.25) is 0 Å². The van der Waals surface area contributed by atoms with Gasteiger partial charge in [-0.25, -0.2) is 0 Å². The van der Waals surface area contributed by atoms with Crippen molar-refractivity contribution >= 4 is 35.9 Å². The number of esters is 1. The van der Waals surface area contributed by atoms with Gasteiger partial charge in [0.2, 0.25) is 0 Å². The molecule has 2 rings (SSSR count). The maximum absolute atomic E-state index is 11.8. The van der Waals surface area contributed by atoms with E-state index in [4.69, 9.17) is 4.74 Å². The van der Waals surface area contributed by atoms with Gasteiger partial charge in [-0.1, -0.05) is 0 Å². The number of unbranched alkanes of at least 4 members (excludes halogenated alkanes) is 1. The van der Waals surface area contributed by atoms with E-state index in [9.17, 15) is 4.79 Å². The summed E-state index contributed by atoms with van der Waals surface area (Å²) in [6.45, 7) is 8.84. The number of rotatable bonds is 7. The first-order valence-electron chi connectivity index (χ1n) is 9.59. The summed E-state index contributed by atoms with van der Waals surface area (Å²) in [6, 6.07) is 0. The van der Waals surface area contributed by atoms with E-state index in [-0.39, 0.29) is 35.9 Å². The molecular weight excluding hydrogens is 431 g/mol. The fraction of sp³-hybridized carbons (Fsp3) is 0.889. The van der Waals surface area contributed by atoms with Gasteiger partial charge in [0.25, 0.3) is 0 Å². The van der Waals surface area contributed by atoms with Gasteiger partial charge >= 0.3 is 5.97 Å². The van der Waals surface area contributed by atoms with Gasteiger partial charge in [0.1, 0.15) is 0 Å². The highest BCUT2D eigenvalue weighted by Crippen LogP contribution is 2.18. The highest BCUT2D eigenvalue weighted by Gasteiger charge is 2.27. The molecule has 0 amide bonds. The zero-order valence-electron chi connectivity index (χ0n) is 15.8. The fourth-order valence-electron chi connectivity index (χ4n) is 3.59. The van der Waals surface area contributed by atoms with Crippen LogP contribution in [0.25, 0.3) is 0 Å². The van der Waals surface area contributed by atoms with E-state index in [2.05, 4.69) is 20.1 Å². The minimum Gasteiger partial charge on any atom is -0.466 e. The van der Waals surface area contributed by atoms with Gasteiger partial charge in [-0.2, -0.15) is 0 Å². The molecule has 2 saturated heterocycles. The van der Waals surface area contributed by atoms with Crippen LogP contribution in [0.5, 0.6) is 0 Å². The summed E-state index contributed by atoms with van der Waals surface area (Å²) >= 11 is 0. The van der Waals surface area contributed by atoms with E-state index < -0.39 is 0 Å². The Morgan fingerprint density at radius 3 is 2.44 bits per heavy atom. The molecule has 0 spiro atoms. The van der Waals surface area contributed by atoms with Crippen LogP contribution in [0.15, 0.2) is 4.99 Å². The average molecular weight is 466 g/mol. The first-order valence-corrected chi connectivity index (χ1v) is 9.59. The zero-order chi connectivity index (χ0) is 17.2. The topological polar surface area (TPSA) is 57.2 Å². The number of aliphatic imine (C=N–C) groups is 1. The molecule has 6 nitrogen and oxygen atoms in total. The Labute approximate surface area is 169 Å². The Morgan fingerprint density at radius 2 is 1.84 bits per heavy atom. The number of carbonyl (C=O) groups is 1. The largest absolute Gasteiger partial charge is 0.466 e. The maximum atomic E-state index is 11.8. The van der Waals surface area contributed by atoms with Crippen LogP contribution in [0.3, 0.4) is 0 Å². The number of nitrogens with zero attached hydrogens (tertiary/aromatic N) is 3. The van der Waals surface area contributed by atoms with Crippen molar-refractivity contribution in [2.24, 2.45) is 10.9 Å². The third-order valence-corrected chi connectivity index (χ3v) is 5.01. The van der Waals surface area contributed by atoms with Crippen LogP contribution in [-0.2, 0) is 9.53 Å². The molecule has 25 heavy (non-hydrogen) atoms. The van der Waals surface area contributed by atoms with E-state index in [1.54, 1.807) is 0 Å². The molecule has 0 aliphatic carbocycles. The average Bonchev–Trinajstić information content (AvgIpc) is 3.12. The molecule has 0 aromatic carbocycles. The van der Waals surface area contributed by atoms with Crippen LogP contribution in [0, 0.1) is 5.92 Å². The van der Waals surface area contributed by atoms with E-state index in [0.29, 0.717) is 6.61 Å². The maximum Gasteiger partial charge on any atom is 0.309 e. The van der Waals surface area contributed by atoms with Crippen molar-refractivity contribution in [2.45, 2.75) is 45.4 Å². The molecule has 146 valence electrons. The number of ether oxygens (including phenoxy) is 1. The van der Waals surface area contributed by atoms with Crippen molar-refractivity contribution in [3.8, 4) is 0 Å². The second-order valence-corrected chi connectivity index (χ2v) is 6.74. The van der Waals surface area contributed by atoms with E-state index in [1.165, 1.54) is 45.3 Å². The molecule has 2 aliphatic rings. The van der Waals surface area contributed by atoms with Gasteiger partial charge < -0.3 is 19.9 Å². The molecule has 2 fully saturated rings. The minimum atomic E-state index is -0.0398. The number of guanidine groups is 1. The number of likely N-dealkylation sites (tertiary alicyclic amines) is 2. The first-order chi connectivity index (χ1) is 11.7. The summed E-state index contributed by atoms with van der Waals surface area (Å²) in [5.41, 5.74) is 0. The molecule has 0 aromatic heterocycles. The lowest BCUT2D eigenvalue weighted by atomic mass is 9.97. The van der Waals surface area contributed by atoms with Crippen molar-refractivity contribution in [3.63, 3.8) is 0 Å². The normalized spacial score (nSPS) is 19.6. The minimum absolute atomic E-state index is 0. The molecule has 0 radical (unpaired) electrons. The van der Waals surface area contributed by atoms with Crippen molar-refractivity contribution in [1.29, 1.82) is 0 Å². The Morgan fingerprint density at radius 1 is 1.16 bits per heavy atom. The monoisotopic (exact) mass is 466 g/mol. The lowest BCUT2D eigenvalue weighted by Crippen LogP contribution is -2.47. The van der Waals surface area contributed by atoms with Crippen LogP contribution in [0.1, 0.15) is 45.4 Å². The van der Waals surface area contributed by atoms with Gasteiger partial charge in [0.15, 0.2) is 5.96 Å². The predicted molar refractivity (Wildman–Crippen MR) is 113 cm³/mol. The van der Waals surface area contributed by atoms with E-state index in [0.717, 1.165) is 38.4 Å². The Bertz CT molecular complexity index is 406. The lowest BCUT2D eigenvalue weighted by molar-refractivity contribution is -0.149. The summed E-state index contributed by atoms with van der Waals surface area (Å²) < 4.78 is 5.13. The zero-order valence-corrected chi connectivity index (χ0v) is 18.2. The van der Waals surface area contributed by atoms with Gasteiger partial charge in [0, 0.05) is 26.7 Å². The molecular formula is C18H35IN4O2. The van der Waals surface area contributed by atoms with Crippen LogP contribution in [0.4, 0.5) is 0 Å². The Kier molecular flexibility index (Phi) is 11.4.